The summed E-state index contributed by atoms with van der Waals surface area (Å²) in [6.07, 6.45) is 34.5. The van der Waals surface area contributed by atoms with Crippen LogP contribution in [0, 0.1) is 0 Å². The van der Waals surface area contributed by atoms with E-state index in [-0.39, 0.29) is 11.8 Å². The molecule has 4 N–H and O–H groups in total. The van der Waals surface area contributed by atoms with E-state index in [1.165, 1.54) is 135 Å². The summed E-state index contributed by atoms with van der Waals surface area (Å²) in [5.74, 6) is -0.314. The zero-order valence-corrected chi connectivity index (χ0v) is 22.1. The Labute approximate surface area is 206 Å². The molecule has 0 aliphatic carbocycles. The molecule has 2 amide bonds. The maximum atomic E-state index is 10.7. The van der Waals surface area contributed by atoms with E-state index in [1.54, 1.807) is 0 Å². The molecule has 0 radical (unpaired) electrons. The molecule has 0 atom stereocenters. The summed E-state index contributed by atoms with van der Waals surface area (Å²) in [7, 11) is 0. The first-order valence-electron chi connectivity index (χ1n) is 14.7. The molecule has 0 spiro atoms. The molecule has 0 bridgehead atoms. The third kappa shape index (κ3) is 30.9. The minimum atomic E-state index is -0.157. The van der Waals surface area contributed by atoms with Crippen LogP contribution in [0.25, 0.3) is 0 Å². The maximum absolute atomic E-state index is 10.7. The molecule has 0 unspecified atom stereocenters. The number of unbranched alkanes of at least 4 members (excludes halogenated alkanes) is 24. The molecule has 4 nitrogen and oxygen atoms in total. The van der Waals surface area contributed by atoms with E-state index in [1.807, 2.05) is 0 Å². The first kappa shape index (κ1) is 31.9. The predicted octanol–water partition coefficient (Wildman–Crippen LogP) is 8.49. The molecule has 0 heterocycles. The second-order valence-corrected chi connectivity index (χ2v) is 10.3. The quantitative estimate of drug-likeness (QED) is 0.113. The Morgan fingerprint density at radius 2 is 0.394 bits per heavy atom. The van der Waals surface area contributed by atoms with Crippen molar-refractivity contribution in [3.63, 3.8) is 0 Å². The third-order valence-electron chi connectivity index (χ3n) is 6.85. The summed E-state index contributed by atoms with van der Waals surface area (Å²) in [5.41, 5.74) is 10.3. The van der Waals surface area contributed by atoms with Crippen LogP contribution in [-0.2, 0) is 9.59 Å². The Bertz CT molecular complexity index is 388. The molecule has 0 aliphatic heterocycles. The predicted molar refractivity (Wildman–Crippen MR) is 143 cm³/mol. The van der Waals surface area contributed by atoms with Crippen LogP contribution in [0.3, 0.4) is 0 Å². The van der Waals surface area contributed by atoms with E-state index in [2.05, 4.69) is 0 Å². The van der Waals surface area contributed by atoms with Crippen LogP contribution in [0.1, 0.15) is 173 Å². The smallest absolute Gasteiger partial charge is 0.217 e. The molecule has 4 heteroatoms. The fourth-order valence-electron chi connectivity index (χ4n) is 4.66. The fourth-order valence-corrected chi connectivity index (χ4v) is 4.66. The summed E-state index contributed by atoms with van der Waals surface area (Å²) < 4.78 is 0. The number of carbonyl (C=O) groups is 2. The second kappa shape index (κ2) is 27.2. The van der Waals surface area contributed by atoms with Crippen LogP contribution in [0.4, 0.5) is 0 Å². The lowest BCUT2D eigenvalue weighted by Crippen LogP contribution is -2.09. The van der Waals surface area contributed by atoms with Gasteiger partial charge in [0.05, 0.1) is 0 Å². The van der Waals surface area contributed by atoms with E-state index >= 15 is 0 Å². The van der Waals surface area contributed by atoms with Crippen LogP contribution >= 0.6 is 0 Å². The molecular formula is C29H58N2O2. The molecule has 0 saturated heterocycles. The Morgan fingerprint density at radius 3 is 0.515 bits per heavy atom. The van der Waals surface area contributed by atoms with Crippen molar-refractivity contribution >= 4 is 11.8 Å². The summed E-state index contributed by atoms with van der Waals surface area (Å²) in [4.78, 5) is 21.3. The van der Waals surface area contributed by atoms with Crippen LogP contribution in [0.5, 0.6) is 0 Å². The first-order chi connectivity index (χ1) is 16.1. The topological polar surface area (TPSA) is 86.2 Å². The number of rotatable bonds is 28. The highest BCUT2D eigenvalue weighted by molar-refractivity contribution is 5.73. The van der Waals surface area contributed by atoms with Crippen molar-refractivity contribution in [3.8, 4) is 0 Å². The summed E-state index contributed by atoms with van der Waals surface area (Å²) in [6, 6.07) is 0. The lowest BCUT2D eigenvalue weighted by atomic mass is 10.0. The Morgan fingerprint density at radius 1 is 0.273 bits per heavy atom. The lowest BCUT2D eigenvalue weighted by molar-refractivity contribution is -0.119. The maximum Gasteiger partial charge on any atom is 0.217 e. The highest BCUT2D eigenvalue weighted by atomic mass is 16.1. The van der Waals surface area contributed by atoms with Crippen molar-refractivity contribution in [1.82, 2.24) is 0 Å². The number of carbonyl (C=O) groups excluding carboxylic acids is 2. The number of nitrogens with two attached hydrogens (primary N) is 2. The molecule has 0 saturated carbocycles. The molecule has 0 rings (SSSR count). The van der Waals surface area contributed by atoms with Gasteiger partial charge in [-0.1, -0.05) is 148 Å². The minimum absolute atomic E-state index is 0.157. The molecule has 33 heavy (non-hydrogen) atoms. The fraction of sp³-hybridized carbons (Fsp3) is 0.931. The molecule has 0 fully saturated rings. The molecule has 0 aromatic heterocycles. The van der Waals surface area contributed by atoms with E-state index in [0.717, 1.165) is 25.7 Å². The normalized spacial score (nSPS) is 11.2. The van der Waals surface area contributed by atoms with Gasteiger partial charge in [-0.05, 0) is 12.8 Å². The van der Waals surface area contributed by atoms with Crippen LogP contribution in [0.2, 0.25) is 0 Å². The number of amides is 2. The average Bonchev–Trinajstić information content (AvgIpc) is 2.78. The monoisotopic (exact) mass is 466 g/mol. The van der Waals surface area contributed by atoms with Crippen molar-refractivity contribution in [3.05, 3.63) is 0 Å². The van der Waals surface area contributed by atoms with Crippen molar-refractivity contribution in [2.75, 3.05) is 0 Å². The summed E-state index contributed by atoms with van der Waals surface area (Å²) in [6.45, 7) is 0. The summed E-state index contributed by atoms with van der Waals surface area (Å²) >= 11 is 0. The van der Waals surface area contributed by atoms with Crippen LogP contribution in [0.15, 0.2) is 0 Å². The van der Waals surface area contributed by atoms with Gasteiger partial charge in [0.15, 0.2) is 0 Å². The van der Waals surface area contributed by atoms with Crippen molar-refractivity contribution in [1.29, 1.82) is 0 Å². The van der Waals surface area contributed by atoms with Crippen molar-refractivity contribution < 1.29 is 9.59 Å². The van der Waals surface area contributed by atoms with E-state index in [9.17, 15) is 9.59 Å². The van der Waals surface area contributed by atoms with Gasteiger partial charge in [0, 0.05) is 12.8 Å². The standard InChI is InChI=1S/C29H58N2O2/c30-28(32)26-24-22-20-18-16-14-12-10-8-6-4-2-1-3-5-7-9-11-13-15-17-19-21-23-25-27-29(31)33/h1-27H2,(H2,30,32)(H2,31,33). The van der Waals surface area contributed by atoms with Gasteiger partial charge >= 0.3 is 0 Å². The van der Waals surface area contributed by atoms with Crippen molar-refractivity contribution in [2.24, 2.45) is 11.5 Å². The number of hydrogen-bond donors (Lipinski definition) is 2. The lowest BCUT2D eigenvalue weighted by Gasteiger charge is -2.04. The Hall–Kier alpha value is -1.06. The van der Waals surface area contributed by atoms with Gasteiger partial charge < -0.3 is 11.5 Å². The van der Waals surface area contributed by atoms with E-state index in [4.69, 9.17) is 11.5 Å². The second-order valence-electron chi connectivity index (χ2n) is 10.3. The SMILES string of the molecule is NC(=O)CCCCCCCCCCCCCCCCCCCCCCCCCCCC(N)=O. The van der Waals surface area contributed by atoms with Crippen LogP contribution in [-0.4, -0.2) is 11.8 Å². The highest BCUT2D eigenvalue weighted by Crippen LogP contribution is 2.16. The average molecular weight is 467 g/mol. The van der Waals surface area contributed by atoms with Crippen LogP contribution < -0.4 is 11.5 Å². The molecule has 196 valence electrons. The van der Waals surface area contributed by atoms with Crippen molar-refractivity contribution in [2.45, 2.75) is 173 Å². The van der Waals surface area contributed by atoms with E-state index in [0.29, 0.717) is 12.8 Å². The van der Waals surface area contributed by atoms with Gasteiger partial charge in [0.1, 0.15) is 0 Å². The summed E-state index contributed by atoms with van der Waals surface area (Å²) in [5, 5.41) is 0. The molecular weight excluding hydrogens is 408 g/mol. The molecule has 0 aromatic rings. The van der Waals surface area contributed by atoms with Gasteiger partial charge in [-0.2, -0.15) is 0 Å². The zero-order valence-electron chi connectivity index (χ0n) is 22.1. The minimum Gasteiger partial charge on any atom is -0.370 e. The molecule has 0 aliphatic rings. The Kier molecular flexibility index (Phi) is 26.3. The third-order valence-corrected chi connectivity index (χ3v) is 6.85. The van der Waals surface area contributed by atoms with Gasteiger partial charge in [0.25, 0.3) is 0 Å². The van der Waals surface area contributed by atoms with Gasteiger partial charge in [0.2, 0.25) is 11.8 Å². The van der Waals surface area contributed by atoms with E-state index < -0.39 is 0 Å². The first-order valence-corrected chi connectivity index (χ1v) is 14.7. The van der Waals surface area contributed by atoms with Gasteiger partial charge in [-0.3, -0.25) is 9.59 Å². The zero-order chi connectivity index (χ0) is 24.2. The number of primary amides is 2. The van der Waals surface area contributed by atoms with Gasteiger partial charge in [-0.25, -0.2) is 0 Å². The van der Waals surface area contributed by atoms with Gasteiger partial charge in [-0.15, -0.1) is 0 Å². The largest absolute Gasteiger partial charge is 0.370 e. The number of hydrogen-bond acceptors (Lipinski definition) is 2. The highest BCUT2D eigenvalue weighted by Gasteiger charge is 1.98. The Balaban J connectivity index is 3.02. The molecule has 0 aromatic carbocycles.